The van der Waals surface area contributed by atoms with Gasteiger partial charge in [0.05, 0.1) is 14.5 Å². The molecular formula is C13H14BrNS. The van der Waals surface area contributed by atoms with Crippen molar-refractivity contribution in [1.82, 2.24) is 4.98 Å². The van der Waals surface area contributed by atoms with E-state index in [1.807, 2.05) is 6.92 Å². The minimum Gasteiger partial charge on any atom is -0.245 e. The quantitative estimate of drug-likeness (QED) is 0.815. The number of halogens is 1. The zero-order valence-electron chi connectivity index (χ0n) is 9.24. The fourth-order valence-corrected chi connectivity index (χ4v) is 3.10. The van der Waals surface area contributed by atoms with Gasteiger partial charge in [-0.15, -0.1) is 11.3 Å². The molecule has 3 heteroatoms. The number of benzene rings is 1. The van der Waals surface area contributed by atoms with Gasteiger partial charge in [0.2, 0.25) is 0 Å². The van der Waals surface area contributed by atoms with E-state index in [1.165, 1.54) is 20.8 Å². The van der Waals surface area contributed by atoms with E-state index in [9.17, 15) is 0 Å². The molecule has 0 spiro atoms. The highest BCUT2D eigenvalue weighted by atomic mass is 79.9. The van der Waals surface area contributed by atoms with Gasteiger partial charge in [-0.05, 0) is 47.7 Å². The molecule has 0 amide bonds. The third-order valence-electron chi connectivity index (χ3n) is 2.48. The third kappa shape index (κ3) is 3.16. The van der Waals surface area contributed by atoms with E-state index in [0.29, 0.717) is 0 Å². The van der Waals surface area contributed by atoms with Crippen LogP contribution < -0.4 is 0 Å². The Kier molecular flexibility index (Phi) is 4.13. The zero-order chi connectivity index (χ0) is 11.4. The molecule has 0 aliphatic carbocycles. The van der Waals surface area contributed by atoms with Crippen molar-refractivity contribution in [1.29, 1.82) is 0 Å². The van der Waals surface area contributed by atoms with Crippen molar-refractivity contribution in [3.05, 3.63) is 50.4 Å². The summed E-state index contributed by atoms with van der Waals surface area (Å²) in [5.74, 6) is 0. The van der Waals surface area contributed by atoms with E-state index in [2.05, 4.69) is 51.2 Å². The van der Waals surface area contributed by atoms with Crippen molar-refractivity contribution < 1.29 is 0 Å². The van der Waals surface area contributed by atoms with Crippen LogP contribution in [0.5, 0.6) is 0 Å². The molecule has 84 valence electrons. The van der Waals surface area contributed by atoms with Crippen LogP contribution in [0.4, 0.5) is 0 Å². The van der Waals surface area contributed by atoms with E-state index in [4.69, 9.17) is 0 Å². The Hall–Kier alpha value is -0.670. The predicted molar refractivity (Wildman–Crippen MR) is 73.0 cm³/mol. The molecule has 0 aliphatic heterocycles. The van der Waals surface area contributed by atoms with Gasteiger partial charge in [-0.25, -0.2) is 4.98 Å². The van der Waals surface area contributed by atoms with Gasteiger partial charge in [0.1, 0.15) is 0 Å². The molecule has 0 N–H and O–H groups in total. The van der Waals surface area contributed by atoms with E-state index in [0.717, 1.165) is 18.5 Å². The first-order valence-electron chi connectivity index (χ1n) is 5.41. The topological polar surface area (TPSA) is 12.9 Å². The molecule has 0 atom stereocenters. The minimum atomic E-state index is 1.08. The summed E-state index contributed by atoms with van der Waals surface area (Å²) < 4.78 is 1.17. The number of hydrogen-bond donors (Lipinski definition) is 0. The molecule has 2 aromatic rings. The maximum atomic E-state index is 4.51. The molecule has 1 heterocycles. The molecule has 0 saturated carbocycles. The van der Waals surface area contributed by atoms with Crippen LogP contribution in [0.2, 0.25) is 0 Å². The van der Waals surface area contributed by atoms with Crippen molar-refractivity contribution in [2.45, 2.75) is 26.2 Å². The van der Waals surface area contributed by atoms with Crippen molar-refractivity contribution >= 4 is 27.3 Å². The normalized spacial score (nSPS) is 10.6. The van der Waals surface area contributed by atoms with Crippen LogP contribution in [0.1, 0.15) is 22.7 Å². The fraction of sp³-hybridized carbons (Fsp3) is 0.308. The zero-order valence-corrected chi connectivity index (χ0v) is 11.6. The molecule has 0 unspecified atom stereocenters. The molecule has 2 rings (SSSR count). The lowest BCUT2D eigenvalue weighted by Gasteiger charge is -1.98. The third-order valence-corrected chi connectivity index (χ3v) is 4.55. The average molecular weight is 296 g/mol. The lowest BCUT2D eigenvalue weighted by Crippen LogP contribution is -1.89. The van der Waals surface area contributed by atoms with Gasteiger partial charge in [-0.1, -0.05) is 30.3 Å². The Balaban J connectivity index is 1.84. The summed E-state index contributed by atoms with van der Waals surface area (Å²) in [6, 6.07) is 10.6. The van der Waals surface area contributed by atoms with Crippen molar-refractivity contribution in [2.24, 2.45) is 0 Å². The summed E-state index contributed by atoms with van der Waals surface area (Å²) in [5.41, 5.74) is 2.52. The van der Waals surface area contributed by atoms with Crippen LogP contribution in [0, 0.1) is 6.92 Å². The monoisotopic (exact) mass is 295 g/mol. The van der Waals surface area contributed by atoms with Crippen LogP contribution in [-0.2, 0) is 12.8 Å². The Morgan fingerprint density at radius 1 is 1.19 bits per heavy atom. The first-order chi connectivity index (χ1) is 7.75. The van der Waals surface area contributed by atoms with E-state index >= 15 is 0 Å². The number of rotatable bonds is 4. The summed E-state index contributed by atoms with van der Waals surface area (Å²) in [7, 11) is 0. The van der Waals surface area contributed by atoms with Gasteiger partial charge >= 0.3 is 0 Å². The standard InChI is InChI=1S/C13H14BrNS/c1-10-13(14)16-12(15-10)9-5-8-11-6-3-2-4-7-11/h2-4,6-7H,5,8-9H2,1H3. The van der Waals surface area contributed by atoms with Crippen LogP contribution in [-0.4, -0.2) is 4.98 Å². The van der Waals surface area contributed by atoms with E-state index in [1.54, 1.807) is 11.3 Å². The van der Waals surface area contributed by atoms with Crippen LogP contribution in [0.15, 0.2) is 34.1 Å². The summed E-state index contributed by atoms with van der Waals surface area (Å²) in [4.78, 5) is 4.51. The molecule has 0 bridgehead atoms. The molecule has 0 fully saturated rings. The van der Waals surface area contributed by atoms with Gasteiger partial charge in [0.25, 0.3) is 0 Å². The summed E-state index contributed by atoms with van der Waals surface area (Å²) in [6.07, 6.45) is 3.38. The Morgan fingerprint density at radius 3 is 2.56 bits per heavy atom. The molecule has 16 heavy (non-hydrogen) atoms. The van der Waals surface area contributed by atoms with Crippen LogP contribution in [0.3, 0.4) is 0 Å². The number of aromatic nitrogens is 1. The SMILES string of the molecule is Cc1nc(CCCc2ccccc2)sc1Br. The summed E-state index contributed by atoms with van der Waals surface area (Å²) in [5, 5.41) is 1.24. The molecule has 1 nitrogen and oxygen atoms in total. The van der Waals surface area contributed by atoms with Crippen molar-refractivity contribution in [2.75, 3.05) is 0 Å². The van der Waals surface area contributed by atoms with E-state index < -0.39 is 0 Å². The largest absolute Gasteiger partial charge is 0.245 e. The van der Waals surface area contributed by atoms with Gasteiger partial charge in [0.15, 0.2) is 0 Å². The highest BCUT2D eigenvalue weighted by Gasteiger charge is 2.04. The highest BCUT2D eigenvalue weighted by Crippen LogP contribution is 2.25. The number of hydrogen-bond acceptors (Lipinski definition) is 2. The summed E-state index contributed by atoms with van der Waals surface area (Å²) in [6.45, 7) is 2.04. The highest BCUT2D eigenvalue weighted by molar-refractivity contribution is 9.11. The number of aryl methyl sites for hydroxylation is 3. The first kappa shape index (κ1) is 11.8. The first-order valence-corrected chi connectivity index (χ1v) is 7.02. The molecule has 0 saturated heterocycles. The lowest BCUT2D eigenvalue weighted by molar-refractivity contribution is 0.812. The van der Waals surface area contributed by atoms with Crippen LogP contribution in [0.25, 0.3) is 0 Å². The predicted octanol–water partition coefficient (Wildman–Crippen LogP) is 4.39. The van der Waals surface area contributed by atoms with Crippen LogP contribution >= 0.6 is 27.3 Å². The number of nitrogens with zero attached hydrogens (tertiary/aromatic N) is 1. The van der Waals surface area contributed by atoms with Gasteiger partial charge < -0.3 is 0 Å². The van der Waals surface area contributed by atoms with Gasteiger partial charge in [-0.3, -0.25) is 0 Å². The Bertz CT molecular complexity index is 431. The Morgan fingerprint density at radius 2 is 1.94 bits per heavy atom. The average Bonchev–Trinajstić information content (AvgIpc) is 2.60. The maximum Gasteiger partial charge on any atom is 0.0940 e. The molecule has 1 aromatic carbocycles. The second kappa shape index (κ2) is 5.60. The molecular weight excluding hydrogens is 282 g/mol. The second-order valence-corrected chi connectivity index (χ2v) is 6.21. The minimum absolute atomic E-state index is 1.08. The van der Waals surface area contributed by atoms with Gasteiger partial charge in [0, 0.05) is 0 Å². The molecule has 1 aromatic heterocycles. The van der Waals surface area contributed by atoms with E-state index in [-0.39, 0.29) is 0 Å². The maximum absolute atomic E-state index is 4.51. The molecule has 0 aliphatic rings. The fourth-order valence-electron chi connectivity index (χ4n) is 1.63. The lowest BCUT2D eigenvalue weighted by atomic mass is 10.1. The summed E-state index contributed by atoms with van der Waals surface area (Å²) >= 11 is 5.26. The Labute approximate surface area is 109 Å². The van der Waals surface area contributed by atoms with Gasteiger partial charge in [-0.2, -0.15) is 0 Å². The smallest absolute Gasteiger partial charge is 0.0940 e. The molecule has 0 radical (unpaired) electrons. The van der Waals surface area contributed by atoms with Crippen molar-refractivity contribution in [3.8, 4) is 0 Å². The van der Waals surface area contributed by atoms with Crippen molar-refractivity contribution in [3.63, 3.8) is 0 Å². The number of thiazole rings is 1. The second-order valence-electron chi connectivity index (χ2n) is 3.81.